The Balaban J connectivity index is 2.21. The molecule has 0 aliphatic rings. The van der Waals surface area contributed by atoms with Crippen molar-refractivity contribution in [3.63, 3.8) is 0 Å². The third-order valence-corrected chi connectivity index (χ3v) is 4.63. The van der Waals surface area contributed by atoms with Gasteiger partial charge in [-0.15, -0.1) is 0 Å². The van der Waals surface area contributed by atoms with Gasteiger partial charge in [0.1, 0.15) is 0 Å². The zero-order chi connectivity index (χ0) is 17.9. The van der Waals surface area contributed by atoms with Gasteiger partial charge < -0.3 is 5.11 Å². The number of unbranched alkanes of at least 4 members (excludes halogenated alkanes) is 1. The summed E-state index contributed by atoms with van der Waals surface area (Å²) in [4.78, 5) is 2.31. The summed E-state index contributed by atoms with van der Waals surface area (Å²) in [7, 11) is 0. The van der Waals surface area contributed by atoms with Crippen LogP contribution in [-0.2, 0) is 13.1 Å². The third-order valence-electron chi connectivity index (χ3n) is 4.63. The van der Waals surface area contributed by atoms with Gasteiger partial charge in [-0.1, -0.05) is 80.4 Å². The van der Waals surface area contributed by atoms with Crippen molar-refractivity contribution in [1.82, 2.24) is 4.90 Å². The van der Waals surface area contributed by atoms with Crippen LogP contribution < -0.4 is 0 Å². The maximum absolute atomic E-state index is 12.9. The Bertz CT molecular complexity index is 534. The van der Waals surface area contributed by atoms with Crippen LogP contribution in [0.5, 0.6) is 0 Å². The molecule has 0 amide bonds. The van der Waals surface area contributed by atoms with Crippen LogP contribution >= 0.6 is 0 Å². The fourth-order valence-electron chi connectivity index (χ4n) is 3.26. The Kier molecular flexibility index (Phi) is 8.64. The topological polar surface area (TPSA) is 23.5 Å². The lowest BCUT2D eigenvalue weighted by molar-refractivity contribution is 0.0247. The van der Waals surface area contributed by atoms with Crippen molar-refractivity contribution in [2.75, 3.05) is 6.67 Å². The summed E-state index contributed by atoms with van der Waals surface area (Å²) in [5.41, 5.74) is 2.43. The van der Waals surface area contributed by atoms with Crippen molar-refractivity contribution < 1.29 is 9.50 Å². The van der Waals surface area contributed by atoms with E-state index >= 15 is 0 Å². The van der Waals surface area contributed by atoms with Crippen LogP contribution in [0.25, 0.3) is 0 Å². The molecule has 0 bridgehead atoms. The van der Waals surface area contributed by atoms with Crippen molar-refractivity contribution in [2.45, 2.75) is 57.8 Å². The minimum atomic E-state index is -0.635. The first-order valence-electron chi connectivity index (χ1n) is 9.30. The molecule has 0 radical (unpaired) electrons. The van der Waals surface area contributed by atoms with Crippen molar-refractivity contribution >= 4 is 0 Å². The summed E-state index contributed by atoms with van der Waals surface area (Å²) in [6.07, 6.45) is 2.56. The summed E-state index contributed by atoms with van der Waals surface area (Å²) in [6.45, 7) is 3.19. The van der Waals surface area contributed by atoms with Crippen LogP contribution in [0.1, 0.15) is 43.7 Å². The molecule has 0 aromatic heterocycles. The number of aliphatic hydroxyl groups is 1. The van der Waals surface area contributed by atoms with Crippen LogP contribution in [0.4, 0.5) is 4.39 Å². The molecule has 136 valence electrons. The number of rotatable bonds is 11. The van der Waals surface area contributed by atoms with Gasteiger partial charge in [0.2, 0.25) is 0 Å². The van der Waals surface area contributed by atoms with E-state index < -0.39 is 12.8 Å². The molecule has 0 saturated heterocycles. The number of hydrogen-bond donors (Lipinski definition) is 1. The van der Waals surface area contributed by atoms with Crippen LogP contribution in [0, 0.1) is 0 Å². The molecule has 0 unspecified atom stereocenters. The van der Waals surface area contributed by atoms with Gasteiger partial charge in [-0.05, 0) is 17.5 Å². The van der Waals surface area contributed by atoms with E-state index in [4.69, 9.17) is 0 Å². The molecule has 2 aromatic carbocycles. The minimum absolute atomic E-state index is 0.0314. The minimum Gasteiger partial charge on any atom is -0.391 e. The Labute approximate surface area is 151 Å². The highest BCUT2D eigenvalue weighted by Gasteiger charge is 2.25. The molecule has 3 heteroatoms. The molecule has 0 aliphatic carbocycles. The largest absolute Gasteiger partial charge is 0.391 e. The molecule has 0 spiro atoms. The van der Waals surface area contributed by atoms with Crippen molar-refractivity contribution in [3.05, 3.63) is 71.8 Å². The van der Waals surface area contributed by atoms with E-state index in [1.165, 1.54) is 11.1 Å². The van der Waals surface area contributed by atoms with Gasteiger partial charge in [-0.3, -0.25) is 9.29 Å². The van der Waals surface area contributed by atoms with Gasteiger partial charge >= 0.3 is 0 Å². The molecule has 2 aromatic rings. The molecule has 0 fully saturated rings. The smallest absolute Gasteiger partial charge is 0.0919 e. The molecular weight excluding hydrogens is 313 g/mol. The van der Waals surface area contributed by atoms with Gasteiger partial charge in [0, 0.05) is 25.6 Å². The first kappa shape index (κ1) is 19.6. The van der Waals surface area contributed by atoms with E-state index in [0.717, 1.165) is 32.4 Å². The average molecular weight is 343 g/mol. The van der Waals surface area contributed by atoms with E-state index in [0.29, 0.717) is 0 Å². The number of alkyl halides is 1. The molecule has 2 nitrogen and oxygen atoms in total. The molecule has 0 heterocycles. The van der Waals surface area contributed by atoms with Crippen molar-refractivity contribution in [2.24, 2.45) is 0 Å². The van der Waals surface area contributed by atoms with Gasteiger partial charge in [0.15, 0.2) is 0 Å². The molecule has 2 atom stereocenters. The second-order valence-electron chi connectivity index (χ2n) is 6.63. The van der Waals surface area contributed by atoms with Gasteiger partial charge in [0.25, 0.3) is 0 Å². The van der Waals surface area contributed by atoms with Crippen LogP contribution in [0.15, 0.2) is 60.7 Å². The van der Waals surface area contributed by atoms with Crippen LogP contribution in [-0.4, -0.2) is 28.8 Å². The zero-order valence-corrected chi connectivity index (χ0v) is 15.2. The molecule has 0 saturated carbocycles. The Hall–Kier alpha value is -1.71. The summed E-state index contributed by atoms with van der Waals surface area (Å²) < 4.78 is 12.9. The third kappa shape index (κ3) is 6.60. The molecular formula is C22H30FNO. The first-order chi connectivity index (χ1) is 12.2. The highest BCUT2D eigenvalue weighted by atomic mass is 19.1. The highest BCUT2D eigenvalue weighted by Crippen LogP contribution is 2.21. The average Bonchev–Trinajstić information content (AvgIpc) is 2.64. The predicted octanol–water partition coefficient (Wildman–Crippen LogP) is 4.97. The lowest BCUT2D eigenvalue weighted by Crippen LogP contribution is -2.43. The summed E-state index contributed by atoms with van der Waals surface area (Å²) in [5.74, 6) is 0. The number of halogens is 1. The van der Waals surface area contributed by atoms with E-state index in [2.05, 4.69) is 36.1 Å². The summed E-state index contributed by atoms with van der Waals surface area (Å²) in [5, 5.41) is 10.6. The fraction of sp³-hybridized carbons (Fsp3) is 0.455. The summed E-state index contributed by atoms with van der Waals surface area (Å²) in [6, 6.07) is 20.6. The Morgan fingerprint density at radius 3 is 1.84 bits per heavy atom. The maximum atomic E-state index is 12.9. The normalized spacial score (nSPS) is 13.8. The van der Waals surface area contributed by atoms with E-state index in [9.17, 15) is 9.50 Å². The lowest BCUT2D eigenvalue weighted by atomic mass is 9.98. The van der Waals surface area contributed by atoms with Gasteiger partial charge in [0.05, 0.1) is 12.8 Å². The quantitative estimate of drug-likeness (QED) is 0.623. The SMILES string of the molecule is CCCC[C@H]([C@@H](O)CCF)N(Cc1ccccc1)Cc1ccccc1. The van der Waals surface area contributed by atoms with E-state index in [-0.39, 0.29) is 12.5 Å². The molecule has 25 heavy (non-hydrogen) atoms. The number of aliphatic hydroxyl groups excluding tert-OH is 1. The standard InChI is InChI=1S/C22H30FNO/c1-2-3-14-21(22(25)15-16-23)24(17-19-10-6-4-7-11-19)18-20-12-8-5-9-13-20/h4-13,21-22,25H,2-3,14-18H2,1H3/t21-,22+/m1/s1. The Morgan fingerprint density at radius 1 is 0.880 bits per heavy atom. The van der Waals surface area contributed by atoms with Crippen molar-refractivity contribution in [3.8, 4) is 0 Å². The second kappa shape index (κ2) is 11.0. The van der Waals surface area contributed by atoms with Crippen molar-refractivity contribution in [1.29, 1.82) is 0 Å². The molecule has 0 aliphatic heterocycles. The first-order valence-corrected chi connectivity index (χ1v) is 9.30. The summed E-state index contributed by atoms with van der Waals surface area (Å²) >= 11 is 0. The van der Waals surface area contributed by atoms with Gasteiger partial charge in [-0.25, -0.2) is 0 Å². The zero-order valence-electron chi connectivity index (χ0n) is 15.2. The number of benzene rings is 2. The van der Waals surface area contributed by atoms with E-state index in [1.807, 2.05) is 36.4 Å². The molecule has 1 N–H and O–H groups in total. The number of hydrogen-bond acceptors (Lipinski definition) is 2. The number of nitrogens with zero attached hydrogens (tertiary/aromatic N) is 1. The second-order valence-corrected chi connectivity index (χ2v) is 6.63. The Morgan fingerprint density at radius 2 is 1.40 bits per heavy atom. The highest BCUT2D eigenvalue weighted by molar-refractivity contribution is 5.17. The fourth-order valence-corrected chi connectivity index (χ4v) is 3.26. The molecule has 2 rings (SSSR count). The van der Waals surface area contributed by atoms with Crippen LogP contribution in [0.3, 0.4) is 0 Å². The predicted molar refractivity (Wildman–Crippen MR) is 102 cm³/mol. The van der Waals surface area contributed by atoms with Crippen LogP contribution in [0.2, 0.25) is 0 Å². The lowest BCUT2D eigenvalue weighted by Gasteiger charge is -2.35. The maximum Gasteiger partial charge on any atom is 0.0919 e. The monoisotopic (exact) mass is 343 g/mol. The van der Waals surface area contributed by atoms with E-state index in [1.54, 1.807) is 0 Å². The van der Waals surface area contributed by atoms with Gasteiger partial charge in [-0.2, -0.15) is 0 Å².